The van der Waals surface area contributed by atoms with Crippen molar-refractivity contribution in [2.45, 2.75) is 205 Å². The van der Waals surface area contributed by atoms with Crippen molar-refractivity contribution in [1.29, 1.82) is 0 Å². The molecule has 60 heavy (non-hydrogen) atoms. The largest absolute Gasteiger partial charge is 0.463 e. The second-order valence-electron chi connectivity index (χ2n) is 18.8. The van der Waals surface area contributed by atoms with E-state index < -0.39 is 120 Å². The molecule has 0 bridgehead atoms. The molecular weight excluding hydrogens is 784 g/mol. The molecule has 3 aliphatic heterocycles. The fourth-order valence-electron chi connectivity index (χ4n) is 9.47. The van der Waals surface area contributed by atoms with Gasteiger partial charge in [0.05, 0.1) is 41.5 Å². The Kier molecular flexibility index (Phi) is 19.2. The van der Waals surface area contributed by atoms with Crippen LogP contribution in [0, 0.1) is 17.8 Å². The van der Waals surface area contributed by atoms with E-state index in [0.717, 1.165) is 0 Å². The van der Waals surface area contributed by atoms with Gasteiger partial charge in [-0.25, -0.2) is 0 Å². The van der Waals surface area contributed by atoms with E-state index in [-0.39, 0.29) is 44.8 Å². The number of likely N-dealkylation sites (N-methyl/N-ethyl adjacent to an activating group) is 2. The maximum atomic E-state index is 14.3. The van der Waals surface area contributed by atoms with Crippen LogP contribution in [0.4, 0.5) is 0 Å². The van der Waals surface area contributed by atoms with Crippen LogP contribution in [0.3, 0.4) is 0 Å². The van der Waals surface area contributed by atoms with Crippen LogP contribution in [0.25, 0.3) is 0 Å². The summed E-state index contributed by atoms with van der Waals surface area (Å²) in [5.74, 6) is -3.31. The smallest absolute Gasteiger partial charge is 0.311 e. The van der Waals surface area contributed by atoms with Crippen LogP contribution in [0.5, 0.6) is 0 Å². The fraction of sp³-hybridized carbons (Fsp3) is 0.953. The summed E-state index contributed by atoms with van der Waals surface area (Å²) < 4.78 is 42.9. The maximum Gasteiger partial charge on any atom is 0.311 e. The monoisotopic (exact) mass is 865 g/mol. The lowest BCUT2D eigenvalue weighted by Crippen LogP contribution is -2.61. The number of ether oxygens (including phenoxy) is 7. The van der Waals surface area contributed by atoms with Crippen molar-refractivity contribution in [1.82, 2.24) is 9.80 Å². The molecule has 0 radical (unpaired) electrons. The lowest BCUT2D eigenvalue weighted by molar-refractivity contribution is -0.318. The van der Waals surface area contributed by atoms with Gasteiger partial charge in [0.1, 0.15) is 42.7 Å². The fourth-order valence-corrected chi connectivity index (χ4v) is 9.47. The molecule has 0 aromatic heterocycles. The van der Waals surface area contributed by atoms with E-state index in [2.05, 4.69) is 0 Å². The summed E-state index contributed by atoms with van der Waals surface area (Å²) in [5.41, 5.74) is -4.57. The highest BCUT2D eigenvalue weighted by Crippen LogP contribution is 2.40. The van der Waals surface area contributed by atoms with Gasteiger partial charge in [0.15, 0.2) is 12.6 Å². The summed E-state index contributed by atoms with van der Waals surface area (Å²) in [6, 6.07) is -1.16. The van der Waals surface area contributed by atoms with Gasteiger partial charge < -0.3 is 68.7 Å². The summed E-state index contributed by atoms with van der Waals surface area (Å²) in [5, 5.41) is 69.6. The number of esters is 2. The van der Waals surface area contributed by atoms with Crippen molar-refractivity contribution in [3.8, 4) is 0 Å². The SMILES string of the molecule is CCC(=O)OCC(O)CN(C)C1C[C@@H](C)O[C@@H](O[C@@H]2[C@@H](C)[C@H](O[C@H]3C[C@@](C)(OC)[C@@H](O)[C@H](C)O3)[C@@H](C)C(=O)O[C@H](CC)[C@@](C)(O)[C@H](O)[C@@H](C)N(C)C[C@H](C)C[C@@]2(C)O)[C@@H]1O. The molecule has 0 aromatic rings. The Morgan fingerprint density at radius 1 is 0.983 bits per heavy atom. The minimum Gasteiger partial charge on any atom is -0.463 e. The summed E-state index contributed by atoms with van der Waals surface area (Å²) in [6.45, 7) is 19.2. The third kappa shape index (κ3) is 12.8. The molecule has 19 atom stereocenters. The van der Waals surface area contributed by atoms with E-state index in [1.54, 1.807) is 67.3 Å². The molecule has 3 saturated heterocycles. The highest BCUT2D eigenvalue weighted by molar-refractivity contribution is 5.73. The zero-order valence-electron chi connectivity index (χ0n) is 38.6. The number of carbonyl (C=O) groups is 2. The first-order valence-electron chi connectivity index (χ1n) is 21.8. The van der Waals surface area contributed by atoms with E-state index in [0.29, 0.717) is 13.0 Å². The van der Waals surface area contributed by atoms with Crippen molar-refractivity contribution in [3.05, 3.63) is 0 Å². The molecule has 352 valence electrons. The van der Waals surface area contributed by atoms with E-state index >= 15 is 0 Å². The summed E-state index contributed by atoms with van der Waals surface area (Å²) in [7, 11) is 5.04. The lowest BCUT2D eigenvalue weighted by atomic mass is 9.77. The van der Waals surface area contributed by atoms with Gasteiger partial charge in [0, 0.05) is 51.0 Å². The van der Waals surface area contributed by atoms with E-state index in [9.17, 15) is 40.2 Å². The van der Waals surface area contributed by atoms with Crippen LogP contribution >= 0.6 is 0 Å². The van der Waals surface area contributed by atoms with Crippen LogP contribution in [0.1, 0.15) is 108 Å². The summed E-state index contributed by atoms with van der Waals surface area (Å²) in [6.07, 6.45) is -10.4. The number of hydrogen-bond donors (Lipinski definition) is 6. The highest BCUT2D eigenvalue weighted by atomic mass is 16.7. The number of rotatable bonds is 12. The zero-order chi connectivity index (χ0) is 45.7. The molecule has 3 aliphatic rings. The van der Waals surface area contributed by atoms with Crippen LogP contribution in [-0.2, 0) is 42.7 Å². The third-order valence-corrected chi connectivity index (χ3v) is 13.3. The van der Waals surface area contributed by atoms with Gasteiger partial charge in [-0.05, 0) is 87.7 Å². The Morgan fingerprint density at radius 2 is 1.62 bits per heavy atom. The Labute approximate surface area is 357 Å². The zero-order valence-corrected chi connectivity index (χ0v) is 38.6. The van der Waals surface area contributed by atoms with Gasteiger partial charge in [-0.2, -0.15) is 0 Å². The molecule has 0 saturated carbocycles. The molecule has 0 aliphatic carbocycles. The number of nitrogens with zero attached hydrogens (tertiary/aromatic N) is 2. The molecular formula is C43H80N2O15. The van der Waals surface area contributed by atoms with Gasteiger partial charge in [0.2, 0.25) is 0 Å². The van der Waals surface area contributed by atoms with E-state index in [4.69, 9.17) is 33.2 Å². The van der Waals surface area contributed by atoms with Crippen molar-refractivity contribution in [3.63, 3.8) is 0 Å². The van der Waals surface area contributed by atoms with Crippen molar-refractivity contribution in [2.75, 3.05) is 40.9 Å². The first-order chi connectivity index (χ1) is 27.7. The predicted molar refractivity (Wildman–Crippen MR) is 220 cm³/mol. The van der Waals surface area contributed by atoms with Crippen molar-refractivity contribution >= 4 is 11.9 Å². The number of methoxy groups -OCH3 is 1. The Bertz CT molecular complexity index is 1360. The number of cyclic esters (lactones) is 1. The Morgan fingerprint density at radius 3 is 2.20 bits per heavy atom. The quantitative estimate of drug-likeness (QED) is 0.153. The van der Waals surface area contributed by atoms with Gasteiger partial charge in [-0.15, -0.1) is 0 Å². The number of aliphatic hydroxyl groups is 6. The summed E-state index contributed by atoms with van der Waals surface area (Å²) >= 11 is 0. The number of carbonyl (C=O) groups excluding carboxylic acids is 2. The first-order valence-corrected chi connectivity index (χ1v) is 21.8. The van der Waals surface area contributed by atoms with E-state index in [1.807, 2.05) is 25.8 Å². The minimum atomic E-state index is -1.84. The Balaban J connectivity index is 2.12. The molecule has 0 spiro atoms. The molecule has 0 aromatic carbocycles. The summed E-state index contributed by atoms with van der Waals surface area (Å²) in [4.78, 5) is 29.7. The van der Waals surface area contributed by atoms with Crippen LogP contribution < -0.4 is 0 Å². The maximum absolute atomic E-state index is 14.3. The number of aliphatic hydroxyl groups excluding tert-OH is 4. The molecule has 3 rings (SSSR count). The topological polar surface area (TPSA) is 227 Å². The average molecular weight is 865 g/mol. The lowest BCUT2D eigenvalue weighted by Gasteiger charge is -2.49. The van der Waals surface area contributed by atoms with Gasteiger partial charge in [-0.1, -0.05) is 27.7 Å². The second kappa shape index (κ2) is 21.9. The van der Waals surface area contributed by atoms with Gasteiger partial charge in [0.25, 0.3) is 0 Å². The normalized spacial score (nSPS) is 45.0. The van der Waals surface area contributed by atoms with Crippen LogP contribution in [0.15, 0.2) is 0 Å². The van der Waals surface area contributed by atoms with Crippen LogP contribution in [0.2, 0.25) is 0 Å². The van der Waals surface area contributed by atoms with Crippen LogP contribution in [-0.4, -0.2) is 190 Å². The van der Waals surface area contributed by atoms with Crippen molar-refractivity contribution < 1.29 is 73.4 Å². The molecule has 3 fully saturated rings. The standard InChI is InChI=1S/C43H80N2O15/c1-15-31-43(11,53)36(49)27(7)44(12)20-23(3)18-41(9,52)38(60-40-34(48)30(17-24(4)56-40)45(13)21-29(46)22-55-32(47)16-2)25(5)35(26(6)39(51)58-31)59-33-19-42(10,54-14)37(50)28(8)57-33/h23-31,33-38,40,46,48-50,52-53H,15-22H2,1-14H3/t23-,24-,25+,26-,27-,28+,29?,30?,31-,33+,34-,35+,36-,37+,38-,40+,41-,42-,43-/m1/s1. The highest BCUT2D eigenvalue weighted by Gasteiger charge is 2.53. The Hall–Kier alpha value is -1.58. The molecule has 2 unspecified atom stereocenters. The van der Waals surface area contributed by atoms with Gasteiger partial charge in [-0.3, -0.25) is 14.5 Å². The average Bonchev–Trinajstić information content (AvgIpc) is 3.17. The third-order valence-electron chi connectivity index (χ3n) is 13.3. The minimum absolute atomic E-state index is 0.0734. The predicted octanol–water partition coefficient (Wildman–Crippen LogP) is 1.59. The van der Waals surface area contributed by atoms with Crippen molar-refractivity contribution in [2.24, 2.45) is 17.8 Å². The first kappa shape index (κ1) is 52.8. The molecule has 0 amide bonds. The molecule has 3 heterocycles. The second-order valence-corrected chi connectivity index (χ2v) is 18.8. The van der Waals surface area contributed by atoms with Gasteiger partial charge >= 0.3 is 11.9 Å². The molecule has 6 N–H and O–H groups in total. The van der Waals surface area contributed by atoms with E-state index in [1.165, 1.54) is 14.0 Å². The molecule has 17 nitrogen and oxygen atoms in total. The number of hydrogen-bond acceptors (Lipinski definition) is 17. The molecule has 17 heteroatoms.